The highest BCUT2D eigenvalue weighted by Gasteiger charge is 2.27. The first-order chi connectivity index (χ1) is 8.49. The fourth-order valence-electron chi connectivity index (χ4n) is 2.12. The largest absolute Gasteiger partial charge is 0.364 e. The maximum Gasteiger partial charge on any atom is 0.246 e. The zero-order valence-electron chi connectivity index (χ0n) is 10.7. The molecule has 18 heavy (non-hydrogen) atoms. The molecule has 98 valence electrons. The summed E-state index contributed by atoms with van der Waals surface area (Å²) < 4.78 is 1.02. The second kappa shape index (κ2) is 5.28. The molecule has 1 unspecified atom stereocenters. The van der Waals surface area contributed by atoms with E-state index in [9.17, 15) is 4.79 Å². The van der Waals surface area contributed by atoms with E-state index in [0.717, 1.165) is 22.3 Å². The fourth-order valence-corrected chi connectivity index (χ4v) is 2.47. The molecule has 4 nitrogen and oxygen atoms in total. The molecule has 1 aliphatic rings. The molecule has 5 heteroatoms. The summed E-state index contributed by atoms with van der Waals surface area (Å²) in [6.07, 6.45) is 0.810. The molecule has 1 amide bonds. The molecule has 2 rings (SSSR count). The van der Waals surface area contributed by atoms with Crippen molar-refractivity contribution >= 4 is 33.2 Å². The summed E-state index contributed by atoms with van der Waals surface area (Å²) in [6.45, 7) is 3.06. The Bertz CT molecular complexity index is 462. The topological polar surface area (TPSA) is 49.6 Å². The molecule has 0 aliphatic carbocycles. The second-order valence-corrected chi connectivity index (χ2v) is 5.72. The van der Waals surface area contributed by atoms with E-state index in [1.54, 1.807) is 0 Å². The summed E-state index contributed by atoms with van der Waals surface area (Å²) >= 11 is 3.47. The number of rotatable bonds is 3. The Morgan fingerprint density at radius 3 is 2.83 bits per heavy atom. The number of hydrogen-bond donors (Lipinski definition) is 1. The third-order valence-electron chi connectivity index (χ3n) is 3.12. The second-order valence-electron chi connectivity index (χ2n) is 4.80. The summed E-state index contributed by atoms with van der Waals surface area (Å²) in [5, 5.41) is 0. The number of halogens is 1. The molecular formula is C13H18BrN3O. The van der Waals surface area contributed by atoms with E-state index in [4.69, 9.17) is 5.73 Å². The molecule has 0 radical (unpaired) electrons. The van der Waals surface area contributed by atoms with Gasteiger partial charge in [-0.05, 0) is 31.5 Å². The highest BCUT2D eigenvalue weighted by atomic mass is 79.9. The molecule has 1 atom stereocenters. The Kier molecular flexibility index (Phi) is 3.92. The fraction of sp³-hybridized carbons (Fsp3) is 0.462. The molecule has 0 spiro atoms. The standard InChI is InChI=1S/C13H18BrN3O/c1-9(15)5-6-17-11-4-3-10(14)7-12(11)16(2)8-13(17)18/h3-4,7,9H,5-6,8,15H2,1-2H3. The molecule has 0 saturated carbocycles. The third kappa shape index (κ3) is 2.67. The van der Waals surface area contributed by atoms with Gasteiger partial charge in [-0.3, -0.25) is 4.79 Å². The Labute approximate surface area is 116 Å². The van der Waals surface area contributed by atoms with Gasteiger partial charge in [0.1, 0.15) is 0 Å². The van der Waals surface area contributed by atoms with E-state index < -0.39 is 0 Å². The Morgan fingerprint density at radius 2 is 2.17 bits per heavy atom. The first kappa shape index (κ1) is 13.4. The van der Waals surface area contributed by atoms with Gasteiger partial charge in [-0.1, -0.05) is 15.9 Å². The number of carbonyl (C=O) groups excluding carboxylic acids is 1. The summed E-state index contributed by atoms with van der Waals surface area (Å²) in [7, 11) is 1.94. The van der Waals surface area contributed by atoms with Crippen molar-refractivity contribution in [1.29, 1.82) is 0 Å². The molecule has 1 heterocycles. The van der Waals surface area contributed by atoms with Crippen LogP contribution in [0.4, 0.5) is 11.4 Å². The van der Waals surface area contributed by atoms with Crippen molar-refractivity contribution < 1.29 is 4.79 Å². The number of carbonyl (C=O) groups is 1. The number of anilines is 2. The van der Waals surface area contributed by atoms with Gasteiger partial charge >= 0.3 is 0 Å². The van der Waals surface area contributed by atoms with Gasteiger partial charge in [0.05, 0.1) is 17.9 Å². The van der Waals surface area contributed by atoms with Gasteiger partial charge in [-0.25, -0.2) is 0 Å². The molecule has 0 bridgehead atoms. The van der Waals surface area contributed by atoms with Crippen molar-refractivity contribution in [3.63, 3.8) is 0 Å². The first-order valence-corrected chi connectivity index (χ1v) is 6.85. The van der Waals surface area contributed by atoms with Crippen LogP contribution in [0.1, 0.15) is 13.3 Å². The van der Waals surface area contributed by atoms with Gasteiger partial charge in [-0.15, -0.1) is 0 Å². The smallest absolute Gasteiger partial charge is 0.246 e. The molecule has 1 aliphatic heterocycles. The minimum atomic E-state index is 0.108. The SMILES string of the molecule is CC(N)CCN1C(=O)CN(C)c2cc(Br)ccc21. The molecule has 2 N–H and O–H groups in total. The van der Waals surface area contributed by atoms with Gasteiger partial charge in [0, 0.05) is 24.1 Å². The van der Waals surface area contributed by atoms with Crippen LogP contribution >= 0.6 is 15.9 Å². The molecule has 0 saturated heterocycles. The number of fused-ring (bicyclic) bond motifs is 1. The van der Waals surface area contributed by atoms with Crippen LogP contribution < -0.4 is 15.5 Å². The van der Waals surface area contributed by atoms with Gasteiger partial charge in [0.25, 0.3) is 0 Å². The van der Waals surface area contributed by atoms with Crippen LogP contribution in [0.2, 0.25) is 0 Å². The van der Waals surface area contributed by atoms with Crippen LogP contribution in [0.5, 0.6) is 0 Å². The highest BCUT2D eigenvalue weighted by molar-refractivity contribution is 9.10. The normalized spacial score (nSPS) is 16.8. The molecular weight excluding hydrogens is 294 g/mol. The van der Waals surface area contributed by atoms with Gasteiger partial charge in [0.2, 0.25) is 5.91 Å². The van der Waals surface area contributed by atoms with E-state index in [1.165, 1.54) is 0 Å². The molecule has 1 aromatic rings. The number of nitrogens with two attached hydrogens (primary N) is 1. The van der Waals surface area contributed by atoms with E-state index in [0.29, 0.717) is 13.1 Å². The monoisotopic (exact) mass is 311 g/mol. The minimum Gasteiger partial charge on any atom is -0.364 e. The van der Waals surface area contributed by atoms with Crippen LogP contribution in [0, 0.1) is 0 Å². The van der Waals surface area contributed by atoms with Crippen LogP contribution in [0.25, 0.3) is 0 Å². The first-order valence-electron chi connectivity index (χ1n) is 6.05. The van der Waals surface area contributed by atoms with Gasteiger partial charge in [-0.2, -0.15) is 0 Å². The highest BCUT2D eigenvalue weighted by Crippen LogP contribution is 2.35. The predicted molar refractivity (Wildman–Crippen MR) is 78.0 cm³/mol. The predicted octanol–water partition coefficient (Wildman–Crippen LogP) is 1.97. The average molecular weight is 312 g/mol. The van der Waals surface area contributed by atoms with Crippen molar-refractivity contribution in [3.8, 4) is 0 Å². The minimum absolute atomic E-state index is 0.108. The van der Waals surface area contributed by atoms with Crippen molar-refractivity contribution in [2.75, 3.05) is 29.9 Å². The maximum absolute atomic E-state index is 12.1. The number of hydrogen-bond acceptors (Lipinski definition) is 3. The molecule has 0 aromatic heterocycles. The zero-order valence-corrected chi connectivity index (χ0v) is 12.3. The average Bonchev–Trinajstić information content (AvgIpc) is 2.29. The third-order valence-corrected chi connectivity index (χ3v) is 3.61. The zero-order chi connectivity index (χ0) is 13.3. The number of likely N-dealkylation sites (N-methyl/N-ethyl adjacent to an activating group) is 1. The van der Waals surface area contributed by atoms with Crippen molar-refractivity contribution in [3.05, 3.63) is 22.7 Å². The maximum atomic E-state index is 12.1. The summed E-state index contributed by atoms with van der Waals surface area (Å²) in [4.78, 5) is 15.9. The summed E-state index contributed by atoms with van der Waals surface area (Å²) in [6, 6.07) is 6.09. The lowest BCUT2D eigenvalue weighted by atomic mass is 10.1. The Balaban J connectivity index is 2.31. The van der Waals surface area contributed by atoms with Crippen molar-refractivity contribution in [2.24, 2.45) is 5.73 Å². The Morgan fingerprint density at radius 1 is 1.44 bits per heavy atom. The quantitative estimate of drug-likeness (QED) is 0.928. The summed E-state index contributed by atoms with van der Waals surface area (Å²) in [5.74, 6) is 0.132. The molecule has 0 fully saturated rings. The Hall–Kier alpha value is -1.07. The van der Waals surface area contributed by atoms with E-state index in [2.05, 4.69) is 15.9 Å². The number of nitrogens with zero attached hydrogens (tertiary/aromatic N) is 2. The van der Waals surface area contributed by atoms with Crippen LogP contribution in [0.3, 0.4) is 0 Å². The van der Waals surface area contributed by atoms with Crippen molar-refractivity contribution in [1.82, 2.24) is 0 Å². The van der Waals surface area contributed by atoms with Crippen molar-refractivity contribution in [2.45, 2.75) is 19.4 Å². The van der Waals surface area contributed by atoms with E-state index >= 15 is 0 Å². The summed E-state index contributed by atoms with van der Waals surface area (Å²) in [5.41, 5.74) is 7.82. The number of benzene rings is 1. The van der Waals surface area contributed by atoms with Crippen LogP contribution in [0.15, 0.2) is 22.7 Å². The van der Waals surface area contributed by atoms with E-state index in [1.807, 2.05) is 42.0 Å². The van der Waals surface area contributed by atoms with E-state index in [-0.39, 0.29) is 11.9 Å². The lowest BCUT2D eigenvalue weighted by molar-refractivity contribution is -0.117. The lowest BCUT2D eigenvalue weighted by Gasteiger charge is -2.35. The number of amides is 1. The van der Waals surface area contributed by atoms with Crippen LogP contribution in [-0.4, -0.2) is 32.1 Å². The van der Waals surface area contributed by atoms with Crippen LogP contribution in [-0.2, 0) is 4.79 Å². The van der Waals surface area contributed by atoms with Gasteiger partial charge in [0.15, 0.2) is 0 Å². The molecule has 1 aromatic carbocycles. The van der Waals surface area contributed by atoms with Gasteiger partial charge < -0.3 is 15.5 Å². The lowest BCUT2D eigenvalue weighted by Crippen LogP contribution is -2.45.